The van der Waals surface area contributed by atoms with Crippen LogP contribution in [0.15, 0.2) is 27.6 Å². The van der Waals surface area contributed by atoms with Crippen molar-refractivity contribution >= 4 is 37.7 Å². The van der Waals surface area contributed by atoms with Gasteiger partial charge >= 0.3 is 0 Å². The summed E-state index contributed by atoms with van der Waals surface area (Å²) < 4.78 is 27.9. The minimum atomic E-state index is -3.47. The molecule has 1 fully saturated rings. The molecular weight excluding hydrogens is 336 g/mol. The Labute approximate surface area is 120 Å². The van der Waals surface area contributed by atoms with Crippen molar-refractivity contribution in [1.29, 1.82) is 0 Å². The molecule has 0 aromatic heterocycles. The molecule has 0 bridgehead atoms. The van der Waals surface area contributed by atoms with Gasteiger partial charge < -0.3 is 5.73 Å². The molecule has 4 nitrogen and oxygen atoms in total. The Balaban J connectivity index is 2.27. The van der Waals surface area contributed by atoms with Gasteiger partial charge in [-0.25, -0.2) is 13.1 Å². The van der Waals surface area contributed by atoms with Gasteiger partial charge in [-0.05, 0) is 45.8 Å². The number of nitrogens with one attached hydrogen (secondary N) is 1. The molecule has 0 aliphatic carbocycles. The van der Waals surface area contributed by atoms with Gasteiger partial charge in [-0.3, -0.25) is 0 Å². The van der Waals surface area contributed by atoms with Crippen LogP contribution < -0.4 is 10.5 Å². The third-order valence-electron chi connectivity index (χ3n) is 2.77. The van der Waals surface area contributed by atoms with E-state index in [9.17, 15) is 8.42 Å². The van der Waals surface area contributed by atoms with Gasteiger partial charge in [-0.15, -0.1) is 0 Å². The average molecular weight is 351 g/mol. The highest BCUT2D eigenvalue weighted by atomic mass is 79.9. The summed E-state index contributed by atoms with van der Waals surface area (Å²) in [6.07, 6.45) is 0.887. The third kappa shape index (κ3) is 3.27. The summed E-state index contributed by atoms with van der Waals surface area (Å²) in [5, 5.41) is 0. The zero-order valence-corrected chi connectivity index (χ0v) is 12.9. The number of nitrogens with two attached hydrogens (primary N) is 1. The van der Waals surface area contributed by atoms with Crippen molar-refractivity contribution < 1.29 is 8.42 Å². The Bertz CT molecular complexity index is 528. The van der Waals surface area contributed by atoms with Gasteiger partial charge in [0.25, 0.3) is 0 Å². The molecule has 100 valence electrons. The van der Waals surface area contributed by atoms with Gasteiger partial charge in [0.2, 0.25) is 10.0 Å². The number of hydrogen-bond donors (Lipinski definition) is 2. The van der Waals surface area contributed by atoms with Crippen molar-refractivity contribution in [2.24, 2.45) is 5.73 Å². The first-order valence-corrected chi connectivity index (χ1v) is 9.04. The van der Waals surface area contributed by atoms with Crippen LogP contribution in [-0.2, 0) is 16.6 Å². The molecule has 2 rings (SSSR count). The van der Waals surface area contributed by atoms with Crippen LogP contribution in [0.3, 0.4) is 0 Å². The molecule has 0 spiro atoms. The normalized spacial score (nSPS) is 20.2. The van der Waals surface area contributed by atoms with Crippen LogP contribution in [0.2, 0.25) is 0 Å². The van der Waals surface area contributed by atoms with Crippen LogP contribution in [0.1, 0.15) is 12.0 Å². The van der Waals surface area contributed by atoms with E-state index in [1.165, 1.54) is 0 Å². The first-order valence-electron chi connectivity index (χ1n) is 5.61. The number of sulfonamides is 1. The number of thioether (sulfide) groups is 1. The minimum absolute atomic E-state index is 0.0356. The fourth-order valence-corrected chi connectivity index (χ4v) is 5.33. The van der Waals surface area contributed by atoms with Crippen LogP contribution in [0.4, 0.5) is 0 Å². The van der Waals surface area contributed by atoms with E-state index in [0.717, 1.165) is 23.5 Å². The SMILES string of the molecule is NCc1ccc(Br)c(S(=O)(=O)NC2CCSC2)c1. The summed E-state index contributed by atoms with van der Waals surface area (Å²) in [6.45, 7) is 0.328. The van der Waals surface area contributed by atoms with Crippen LogP contribution >= 0.6 is 27.7 Å². The first kappa shape index (κ1) is 14.3. The van der Waals surface area contributed by atoms with E-state index in [2.05, 4.69) is 20.7 Å². The van der Waals surface area contributed by atoms with Gasteiger partial charge in [-0.2, -0.15) is 11.8 Å². The van der Waals surface area contributed by atoms with Crippen molar-refractivity contribution in [3.05, 3.63) is 28.2 Å². The molecule has 0 saturated carbocycles. The standard InChI is InChI=1S/C11H15BrN2O2S2/c12-10-2-1-8(6-13)5-11(10)18(15,16)14-9-3-4-17-7-9/h1-2,5,9,14H,3-4,6-7,13H2. The highest BCUT2D eigenvalue weighted by Gasteiger charge is 2.24. The maximum absolute atomic E-state index is 12.3. The molecule has 1 aromatic carbocycles. The molecule has 0 radical (unpaired) electrons. The van der Waals surface area contributed by atoms with E-state index in [-0.39, 0.29) is 10.9 Å². The largest absolute Gasteiger partial charge is 0.326 e. The van der Waals surface area contributed by atoms with Crippen molar-refractivity contribution in [2.45, 2.75) is 23.9 Å². The lowest BCUT2D eigenvalue weighted by atomic mass is 10.2. The van der Waals surface area contributed by atoms with E-state index in [1.54, 1.807) is 23.9 Å². The average Bonchev–Trinajstić information content (AvgIpc) is 2.81. The Morgan fingerprint density at radius 2 is 2.28 bits per heavy atom. The van der Waals surface area contributed by atoms with Gasteiger partial charge in [0.05, 0.1) is 4.90 Å². The predicted molar refractivity (Wildman–Crippen MR) is 78.1 cm³/mol. The molecule has 0 amide bonds. The monoisotopic (exact) mass is 350 g/mol. The number of benzene rings is 1. The predicted octanol–water partition coefficient (Wildman–Crippen LogP) is 1.69. The Kier molecular flexibility index (Phi) is 4.71. The van der Waals surface area contributed by atoms with E-state index in [0.29, 0.717) is 11.0 Å². The lowest BCUT2D eigenvalue weighted by Crippen LogP contribution is -2.34. The lowest BCUT2D eigenvalue weighted by Gasteiger charge is -2.13. The first-order chi connectivity index (χ1) is 8.53. The molecule has 1 heterocycles. The zero-order chi connectivity index (χ0) is 13.2. The third-order valence-corrected chi connectivity index (χ3v) is 6.45. The summed E-state index contributed by atoms with van der Waals surface area (Å²) in [5.41, 5.74) is 6.35. The molecule has 3 N–H and O–H groups in total. The topological polar surface area (TPSA) is 72.2 Å². The maximum atomic E-state index is 12.3. The molecule has 1 aliphatic rings. The van der Waals surface area contributed by atoms with Crippen LogP contribution in [0, 0.1) is 0 Å². The fourth-order valence-electron chi connectivity index (χ4n) is 1.79. The van der Waals surface area contributed by atoms with E-state index in [1.807, 2.05) is 6.07 Å². The summed E-state index contributed by atoms with van der Waals surface area (Å²) in [7, 11) is -3.47. The lowest BCUT2D eigenvalue weighted by molar-refractivity contribution is 0.562. The van der Waals surface area contributed by atoms with E-state index >= 15 is 0 Å². The van der Waals surface area contributed by atoms with E-state index < -0.39 is 10.0 Å². The summed E-state index contributed by atoms with van der Waals surface area (Å²) >= 11 is 5.05. The van der Waals surface area contributed by atoms with E-state index in [4.69, 9.17) is 5.73 Å². The van der Waals surface area contributed by atoms with Gasteiger partial charge in [0.1, 0.15) is 0 Å². The van der Waals surface area contributed by atoms with Crippen molar-refractivity contribution in [3.63, 3.8) is 0 Å². The van der Waals surface area contributed by atoms with Gasteiger partial charge in [0.15, 0.2) is 0 Å². The Hall–Kier alpha value is -0.0800. The second kappa shape index (κ2) is 5.92. The Morgan fingerprint density at radius 3 is 2.89 bits per heavy atom. The maximum Gasteiger partial charge on any atom is 0.241 e. The molecule has 1 aliphatic heterocycles. The fraction of sp³-hybridized carbons (Fsp3) is 0.455. The molecule has 18 heavy (non-hydrogen) atoms. The number of rotatable bonds is 4. The summed E-state index contributed by atoms with van der Waals surface area (Å²) in [6, 6.07) is 5.19. The molecule has 1 unspecified atom stereocenters. The Morgan fingerprint density at radius 1 is 1.50 bits per heavy atom. The van der Waals surface area contributed by atoms with Crippen LogP contribution in [-0.4, -0.2) is 26.0 Å². The van der Waals surface area contributed by atoms with Crippen LogP contribution in [0.5, 0.6) is 0 Å². The molecule has 1 saturated heterocycles. The molecule has 1 aromatic rings. The number of halogens is 1. The minimum Gasteiger partial charge on any atom is -0.326 e. The molecular formula is C11H15BrN2O2S2. The second-order valence-electron chi connectivity index (χ2n) is 4.15. The highest BCUT2D eigenvalue weighted by Crippen LogP contribution is 2.25. The molecule has 7 heteroatoms. The van der Waals surface area contributed by atoms with Crippen LogP contribution in [0.25, 0.3) is 0 Å². The smallest absolute Gasteiger partial charge is 0.241 e. The van der Waals surface area contributed by atoms with Crippen molar-refractivity contribution in [2.75, 3.05) is 11.5 Å². The summed E-state index contributed by atoms with van der Waals surface area (Å²) in [5.74, 6) is 1.85. The van der Waals surface area contributed by atoms with Gasteiger partial charge in [0, 0.05) is 22.8 Å². The second-order valence-corrected chi connectivity index (χ2v) is 7.84. The van der Waals surface area contributed by atoms with Crippen molar-refractivity contribution in [1.82, 2.24) is 4.72 Å². The molecule has 1 atom stereocenters. The van der Waals surface area contributed by atoms with Gasteiger partial charge in [-0.1, -0.05) is 6.07 Å². The van der Waals surface area contributed by atoms with Crippen molar-refractivity contribution in [3.8, 4) is 0 Å². The number of hydrogen-bond acceptors (Lipinski definition) is 4. The quantitative estimate of drug-likeness (QED) is 0.866. The highest BCUT2D eigenvalue weighted by molar-refractivity contribution is 9.10. The zero-order valence-electron chi connectivity index (χ0n) is 9.73. The summed E-state index contributed by atoms with van der Waals surface area (Å²) in [4.78, 5) is 0.266.